The largest absolute Gasteiger partial charge is 0.304 e. The summed E-state index contributed by atoms with van der Waals surface area (Å²) in [6.07, 6.45) is 0. The number of rotatable bonds is 2. The third-order valence-corrected chi connectivity index (χ3v) is 5.79. The van der Waals surface area contributed by atoms with E-state index in [0.717, 1.165) is 5.56 Å². The van der Waals surface area contributed by atoms with Gasteiger partial charge in [-0.3, -0.25) is 0 Å². The minimum atomic E-state index is 0.124. The lowest BCUT2D eigenvalue weighted by atomic mass is 9.77. The van der Waals surface area contributed by atoms with Gasteiger partial charge in [-0.2, -0.15) is 0 Å². The molecular weight excluding hydrogens is 338 g/mol. The monoisotopic (exact) mass is 359 g/mol. The Morgan fingerprint density at radius 2 is 1.07 bits per heavy atom. The summed E-state index contributed by atoms with van der Waals surface area (Å²) in [6.45, 7) is 2.13. The molecule has 0 radical (unpaired) electrons. The lowest BCUT2D eigenvalue weighted by Crippen LogP contribution is -2.17. The Morgan fingerprint density at radius 1 is 0.536 bits per heavy atom. The summed E-state index contributed by atoms with van der Waals surface area (Å²) in [5, 5.41) is 8.53. The highest BCUT2D eigenvalue weighted by atomic mass is 14.5. The summed E-state index contributed by atoms with van der Waals surface area (Å²) in [6, 6.07) is 34.2. The van der Waals surface area contributed by atoms with E-state index in [9.17, 15) is 0 Å². The number of fused-ring (bicyclic) bond motifs is 3. The first-order valence-corrected chi connectivity index (χ1v) is 9.70. The van der Waals surface area contributed by atoms with Crippen molar-refractivity contribution >= 4 is 5.71 Å². The van der Waals surface area contributed by atoms with Crippen molar-refractivity contribution in [3.63, 3.8) is 0 Å². The average Bonchev–Trinajstić information content (AvgIpc) is 2.78. The van der Waals surface area contributed by atoms with E-state index in [-0.39, 0.29) is 5.92 Å². The van der Waals surface area contributed by atoms with Crippen LogP contribution >= 0.6 is 0 Å². The van der Waals surface area contributed by atoms with Crippen LogP contribution in [0.3, 0.4) is 0 Å². The topological polar surface area (TPSA) is 23.9 Å². The SMILES string of the molecule is C[C@H]1C(=N)c2ccccc2-c2cc(-c3ccc(-c4ccccc4)cc3)ccc21. The van der Waals surface area contributed by atoms with Crippen LogP contribution in [0.1, 0.15) is 24.0 Å². The van der Waals surface area contributed by atoms with Gasteiger partial charge in [-0.15, -0.1) is 0 Å². The molecular formula is C27H21N. The van der Waals surface area contributed by atoms with Gasteiger partial charge >= 0.3 is 0 Å². The maximum absolute atomic E-state index is 8.53. The zero-order chi connectivity index (χ0) is 19.1. The molecule has 1 aliphatic rings. The molecule has 1 nitrogen and oxygen atoms in total. The molecule has 4 aromatic carbocycles. The Balaban J connectivity index is 1.58. The summed E-state index contributed by atoms with van der Waals surface area (Å²) in [5.74, 6) is 0.124. The summed E-state index contributed by atoms with van der Waals surface area (Å²) >= 11 is 0. The van der Waals surface area contributed by atoms with Gasteiger partial charge in [-0.1, -0.05) is 97.9 Å². The minimum absolute atomic E-state index is 0.124. The molecule has 0 heterocycles. The minimum Gasteiger partial charge on any atom is -0.304 e. The fourth-order valence-corrected chi connectivity index (χ4v) is 4.17. The van der Waals surface area contributed by atoms with E-state index in [0.29, 0.717) is 5.71 Å². The van der Waals surface area contributed by atoms with Crippen molar-refractivity contribution in [2.75, 3.05) is 0 Å². The average molecular weight is 359 g/mol. The van der Waals surface area contributed by atoms with Crippen molar-refractivity contribution in [1.29, 1.82) is 5.41 Å². The van der Waals surface area contributed by atoms with E-state index in [4.69, 9.17) is 5.41 Å². The van der Waals surface area contributed by atoms with Crippen molar-refractivity contribution in [2.45, 2.75) is 12.8 Å². The maximum Gasteiger partial charge on any atom is 0.0464 e. The van der Waals surface area contributed by atoms with Crippen LogP contribution in [-0.4, -0.2) is 5.71 Å². The standard InChI is InChI=1S/C27H21N/c1-18-23-16-15-22(17-26(23)24-9-5-6-10-25(24)27(18)28)21-13-11-20(12-14-21)19-7-3-2-4-8-19/h2-18,28H,1H3/t18-/m1/s1. The Morgan fingerprint density at radius 3 is 1.79 bits per heavy atom. The number of nitrogens with one attached hydrogen (secondary N) is 1. The van der Waals surface area contributed by atoms with E-state index in [1.54, 1.807) is 0 Å². The molecule has 0 fully saturated rings. The Kier molecular flexibility index (Phi) is 3.95. The highest BCUT2D eigenvalue weighted by Gasteiger charge is 2.26. The molecule has 0 spiro atoms. The van der Waals surface area contributed by atoms with Crippen LogP contribution in [0.25, 0.3) is 33.4 Å². The molecule has 1 N–H and O–H groups in total. The molecule has 0 aromatic heterocycles. The smallest absolute Gasteiger partial charge is 0.0464 e. The van der Waals surface area contributed by atoms with Crippen molar-refractivity contribution in [1.82, 2.24) is 0 Å². The van der Waals surface area contributed by atoms with Crippen LogP contribution in [0.5, 0.6) is 0 Å². The summed E-state index contributed by atoms with van der Waals surface area (Å²) in [4.78, 5) is 0. The Bertz CT molecular complexity index is 1170. The number of hydrogen-bond acceptors (Lipinski definition) is 1. The molecule has 0 aliphatic heterocycles. The summed E-state index contributed by atoms with van der Waals surface area (Å²) in [5.41, 5.74) is 10.3. The van der Waals surface area contributed by atoms with Crippen molar-refractivity contribution in [3.05, 3.63) is 108 Å². The molecule has 4 aromatic rings. The molecule has 5 rings (SSSR count). The van der Waals surface area contributed by atoms with Gasteiger partial charge in [0.2, 0.25) is 0 Å². The zero-order valence-corrected chi connectivity index (χ0v) is 15.8. The van der Waals surface area contributed by atoms with Crippen LogP contribution in [0.2, 0.25) is 0 Å². The van der Waals surface area contributed by atoms with Crippen molar-refractivity contribution < 1.29 is 0 Å². The quantitative estimate of drug-likeness (QED) is 0.392. The molecule has 0 bridgehead atoms. The Hall–Kier alpha value is -3.45. The summed E-state index contributed by atoms with van der Waals surface area (Å²) in [7, 11) is 0. The molecule has 1 atom stereocenters. The molecule has 134 valence electrons. The first-order valence-electron chi connectivity index (χ1n) is 9.70. The van der Waals surface area contributed by atoms with Crippen molar-refractivity contribution in [2.24, 2.45) is 0 Å². The maximum atomic E-state index is 8.53. The predicted octanol–water partition coefficient (Wildman–Crippen LogP) is 7.17. The van der Waals surface area contributed by atoms with Gasteiger partial charge in [0.1, 0.15) is 0 Å². The predicted molar refractivity (Wildman–Crippen MR) is 118 cm³/mol. The zero-order valence-electron chi connectivity index (χ0n) is 15.8. The fourth-order valence-electron chi connectivity index (χ4n) is 4.17. The molecule has 28 heavy (non-hydrogen) atoms. The molecule has 1 heteroatoms. The molecule has 0 saturated heterocycles. The summed E-state index contributed by atoms with van der Waals surface area (Å²) < 4.78 is 0. The van der Waals surface area contributed by atoms with Crippen LogP contribution in [0, 0.1) is 5.41 Å². The first kappa shape index (κ1) is 16.7. The number of hydrogen-bond donors (Lipinski definition) is 1. The molecule has 0 saturated carbocycles. The fraction of sp³-hybridized carbons (Fsp3) is 0.0741. The van der Waals surface area contributed by atoms with Gasteiger partial charge in [0.05, 0.1) is 0 Å². The van der Waals surface area contributed by atoms with Crippen LogP contribution in [0.4, 0.5) is 0 Å². The lowest BCUT2D eigenvalue weighted by Gasteiger charge is -2.26. The lowest BCUT2D eigenvalue weighted by molar-refractivity contribution is 0.999. The molecule has 1 aliphatic carbocycles. The molecule has 0 unspecified atom stereocenters. The van der Waals surface area contributed by atoms with Gasteiger partial charge < -0.3 is 5.41 Å². The second kappa shape index (κ2) is 6.61. The van der Waals surface area contributed by atoms with E-state index < -0.39 is 0 Å². The van der Waals surface area contributed by atoms with E-state index in [1.165, 1.54) is 38.9 Å². The second-order valence-electron chi connectivity index (χ2n) is 7.43. The second-order valence-corrected chi connectivity index (χ2v) is 7.43. The highest BCUT2D eigenvalue weighted by Crippen LogP contribution is 2.41. The van der Waals surface area contributed by atoms with Gasteiger partial charge in [-0.05, 0) is 45.0 Å². The van der Waals surface area contributed by atoms with Crippen LogP contribution < -0.4 is 0 Å². The third kappa shape index (κ3) is 2.68. The van der Waals surface area contributed by atoms with Crippen molar-refractivity contribution in [3.8, 4) is 33.4 Å². The van der Waals surface area contributed by atoms with Gasteiger partial charge in [0.15, 0.2) is 0 Å². The normalized spacial score (nSPS) is 15.0. The van der Waals surface area contributed by atoms with E-state index in [1.807, 2.05) is 12.1 Å². The highest BCUT2D eigenvalue weighted by molar-refractivity contribution is 6.11. The Labute approximate surface area is 165 Å². The van der Waals surface area contributed by atoms with E-state index in [2.05, 4.69) is 91.9 Å². The van der Waals surface area contributed by atoms with Crippen LogP contribution in [0.15, 0.2) is 97.1 Å². The number of benzene rings is 4. The molecule has 0 amide bonds. The van der Waals surface area contributed by atoms with Gasteiger partial charge in [0.25, 0.3) is 0 Å². The van der Waals surface area contributed by atoms with Gasteiger partial charge in [0, 0.05) is 17.2 Å². The first-order chi connectivity index (χ1) is 13.7. The third-order valence-electron chi connectivity index (χ3n) is 5.79. The van der Waals surface area contributed by atoms with E-state index >= 15 is 0 Å². The van der Waals surface area contributed by atoms with Crippen LogP contribution in [-0.2, 0) is 0 Å². The van der Waals surface area contributed by atoms with Gasteiger partial charge in [-0.25, -0.2) is 0 Å².